The van der Waals surface area contributed by atoms with Crippen LogP contribution in [0, 0.1) is 6.92 Å². The topological polar surface area (TPSA) is 43.3 Å². The van der Waals surface area contributed by atoms with Gasteiger partial charge in [-0.3, -0.25) is 4.79 Å². The number of rotatable bonds is 5. The molecule has 0 aliphatic rings. The zero-order valence-electron chi connectivity index (χ0n) is 15.1. The summed E-state index contributed by atoms with van der Waals surface area (Å²) in [7, 11) is 0. The van der Waals surface area contributed by atoms with Gasteiger partial charge in [-0.2, -0.15) is 0 Å². The van der Waals surface area contributed by atoms with Crippen LogP contribution in [-0.2, 0) is 6.73 Å². The van der Waals surface area contributed by atoms with Gasteiger partial charge in [-0.15, -0.1) is 0 Å². The maximum atomic E-state index is 12.4. The molecule has 1 heterocycles. The molecule has 3 aromatic carbocycles. The fraction of sp³-hybridized carbons (Fsp3) is 0.0870. The molecule has 0 unspecified atom stereocenters. The Bertz CT molecular complexity index is 1070. The van der Waals surface area contributed by atoms with Crippen molar-refractivity contribution in [1.82, 2.24) is 4.57 Å². The van der Waals surface area contributed by atoms with E-state index in [1.165, 1.54) is 0 Å². The molecule has 0 fully saturated rings. The number of fused-ring (bicyclic) bond motifs is 1. The van der Waals surface area contributed by atoms with Crippen molar-refractivity contribution in [3.8, 4) is 5.75 Å². The first kappa shape index (κ1) is 16.9. The Hall–Kier alpha value is -3.53. The van der Waals surface area contributed by atoms with E-state index in [1.807, 2.05) is 79.9 Å². The van der Waals surface area contributed by atoms with E-state index in [2.05, 4.69) is 9.88 Å². The highest BCUT2D eigenvalue weighted by Crippen LogP contribution is 2.25. The number of benzene rings is 3. The Morgan fingerprint density at radius 1 is 0.963 bits per heavy atom. The number of nitrogens with one attached hydrogen (secondary N) is 1. The van der Waals surface area contributed by atoms with Gasteiger partial charge in [0.2, 0.25) is 0 Å². The van der Waals surface area contributed by atoms with Gasteiger partial charge in [-0.1, -0.05) is 36.4 Å². The number of amides is 1. The second kappa shape index (κ2) is 7.38. The standard InChI is InChI=1S/C23H20N2O2/c1-17-14-20(24-23(26)18-8-4-2-5-9-18)15-19-12-13-25(22(17)19)16-27-21-10-6-3-7-11-21/h2-15H,16H2,1H3,(H,24,26). The Balaban J connectivity index is 1.55. The summed E-state index contributed by atoms with van der Waals surface area (Å²) in [6, 6.07) is 25.0. The van der Waals surface area contributed by atoms with E-state index in [1.54, 1.807) is 12.1 Å². The Morgan fingerprint density at radius 3 is 2.41 bits per heavy atom. The third-order valence-corrected chi connectivity index (χ3v) is 4.46. The zero-order chi connectivity index (χ0) is 18.6. The van der Waals surface area contributed by atoms with Crippen LogP contribution in [0.15, 0.2) is 85.1 Å². The first-order valence-electron chi connectivity index (χ1n) is 8.84. The highest BCUT2D eigenvalue weighted by atomic mass is 16.5. The first-order chi connectivity index (χ1) is 13.2. The molecule has 1 amide bonds. The molecule has 0 aliphatic carbocycles. The quantitative estimate of drug-likeness (QED) is 0.531. The van der Waals surface area contributed by atoms with Crippen molar-refractivity contribution >= 4 is 22.5 Å². The van der Waals surface area contributed by atoms with Crippen LogP contribution in [0.5, 0.6) is 5.75 Å². The summed E-state index contributed by atoms with van der Waals surface area (Å²) < 4.78 is 7.93. The van der Waals surface area contributed by atoms with E-state index in [0.717, 1.165) is 27.9 Å². The summed E-state index contributed by atoms with van der Waals surface area (Å²) in [5.41, 5.74) is 3.61. The van der Waals surface area contributed by atoms with E-state index >= 15 is 0 Å². The highest BCUT2D eigenvalue weighted by molar-refractivity contribution is 6.05. The third kappa shape index (κ3) is 3.70. The second-order valence-electron chi connectivity index (χ2n) is 6.42. The molecule has 134 valence electrons. The predicted molar refractivity (Wildman–Crippen MR) is 108 cm³/mol. The number of carbonyl (C=O) groups excluding carboxylic acids is 1. The monoisotopic (exact) mass is 356 g/mol. The van der Waals surface area contributed by atoms with Gasteiger partial charge in [-0.25, -0.2) is 0 Å². The molecular weight excluding hydrogens is 336 g/mol. The van der Waals surface area contributed by atoms with Crippen LogP contribution in [0.25, 0.3) is 10.9 Å². The number of nitrogens with zero attached hydrogens (tertiary/aromatic N) is 1. The van der Waals surface area contributed by atoms with Gasteiger partial charge in [-0.05, 0) is 55.0 Å². The van der Waals surface area contributed by atoms with Crippen LogP contribution in [0.1, 0.15) is 15.9 Å². The molecule has 27 heavy (non-hydrogen) atoms. The van der Waals surface area contributed by atoms with Crippen molar-refractivity contribution in [3.63, 3.8) is 0 Å². The minimum absolute atomic E-state index is 0.110. The second-order valence-corrected chi connectivity index (χ2v) is 6.42. The number of hydrogen-bond acceptors (Lipinski definition) is 2. The molecule has 0 atom stereocenters. The summed E-state index contributed by atoms with van der Waals surface area (Å²) >= 11 is 0. The molecule has 1 aromatic heterocycles. The van der Waals surface area contributed by atoms with Gasteiger partial charge >= 0.3 is 0 Å². The van der Waals surface area contributed by atoms with Gasteiger partial charge in [0.05, 0.1) is 5.52 Å². The van der Waals surface area contributed by atoms with Crippen LogP contribution in [0.2, 0.25) is 0 Å². The summed E-state index contributed by atoms with van der Waals surface area (Å²) in [4.78, 5) is 12.4. The van der Waals surface area contributed by atoms with Crippen molar-refractivity contribution in [2.24, 2.45) is 0 Å². The van der Waals surface area contributed by atoms with Crippen LogP contribution in [0.4, 0.5) is 5.69 Å². The van der Waals surface area contributed by atoms with Crippen LogP contribution in [0.3, 0.4) is 0 Å². The van der Waals surface area contributed by atoms with Crippen LogP contribution < -0.4 is 10.1 Å². The van der Waals surface area contributed by atoms with E-state index in [9.17, 15) is 4.79 Å². The van der Waals surface area contributed by atoms with Gasteiger partial charge in [0.25, 0.3) is 5.91 Å². The van der Waals surface area contributed by atoms with Crippen molar-refractivity contribution in [1.29, 1.82) is 0 Å². The SMILES string of the molecule is Cc1cc(NC(=O)c2ccccc2)cc2ccn(COc3ccccc3)c12. The van der Waals surface area contributed by atoms with Crippen LogP contribution in [-0.4, -0.2) is 10.5 Å². The largest absolute Gasteiger partial charge is 0.473 e. The van der Waals surface area contributed by atoms with E-state index in [-0.39, 0.29) is 5.91 Å². The Kier molecular flexibility index (Phi) is 4.62. The molecule has 0 saturated heterocycles. The number of ether oxygens (including phenoxy) is 1. The van der Waals surface area contributed by atoms with Crippen molar-refractivity contribution < 1.29 is 9.53 Å². The third-order valence-electron chi connectivity index (χ3n) is 4.46. The lowest BCUT2D eigenvalue weighted by Crippen LogP contribution is -2.12. The van der Waals surface area contributed by atoms with E-state index < -0.39 is 0 Å². The van der Waals surface area contributed by atoms with E-state index in [4.69, 9.17) is 4.74 Å². The first-order valence-corrected chi connectivity index (χ1v) is 8.84. The number of hydrogen-bond donors (Lipinski definition) is 1. The average Bonchev–Trinajstić information content (AvgIpc) is 3.11. The van der Waals surface area contributed by atoms with Gasteiger partial charge in [0, 0.05) is 22.8 Å². The zero-order valence-corrected chi connectivity index (χ0v) is 15.1. The van der Waals surface area contributed by atoms with Crippen molar-refractivity contribution in [2.45, 2.75) is 13.7 Å². The summed E-state index contributed by atoms with van der Waals surface area (Å²) in [6.45, 7) is 2.48. The smallest absolute Gasteiger partial charge is 0.255 e. The lowest BCUT2D eigenvalue weighted by Gasteiger charge is -2.12. The predicted octanol–water partition coefficient (Wildman–Crippen LogP) is 5.24. The summed E-state index contributed by atoms with van der Waals surface area (Å²) in [5.74, 6) is 0.727. The molecule has 4 rings (SSSR count). The molecular formula is C23H20N2O2. The average molecular weight is 356 g/mol. The Labute approximate surface area is 158 Å². The molecule has 0 saturated carbocycles. The maximum Gasteiger partial charge on any atom is 0.255 e. The normalized spacial score (nSPS) is 10.7. The lowest BCUT2D eigenvalue weighted by molar-refractivity contribution is 0.102. The molecule has 4 heteroatoms. The fourth-order valence-corrected chi connectivity index (χ4v) is 3.20. The van der Waals surface area contributed by atoms with E-state index in [0.29, 0.717) is 12.3 Å². The summed E-state index contributed by atoms with van der Waals surface area (Å²) in [6.07, 6.45) is 2.00. The molecule has 1 N–H and O–H groups in total. The number of carbonyl (C=O) groups is 1. The number of aromatic nitrogens is 1. The Morgan fingerprint density at radius 2 is 1.67 bits per heavy atom. The van der Waals surface area contributed by atoms with Gasteiger partial charge in [0.1, 0.15) is 5.75 Å². The number of anilines is 1. The molecule has 0 radical (unpaired) electrons. The van der Waals surface area contributed by atoms with Gasteiger partial charge < -0.3 is 14.6 Å². The minimum Gasteiger partial charge on any atom is -0.473 e. The highest BCUT2D eigenvalue weighted by Gasteiger charge is 2.10. The number of para-hydroxylation sites is 1. The fourth-order valence-electron chi connectivity index (χ4n) is 3.20. The molecule has 4 aromatic rings. The van der Waals surface area contributed by atoms with Crippen molar-refractivity contribution in [2.75, 3.05) is 5.32 Å². The molecule has 4 nitrogen and oxygen atoms in total. The van der Waals surface area contributed by atoms with Gasteiger partial charge in [0.15, 0.2) is 6.73 Å². The van der Waals surface area contributed by atoms with Crippen molar-refractivity contribution in [3.05, 3.63) is 96.2 Å². The summed E-state index contributed by atoms with van der Waals surface area (Å²) in [5, 5.41) is 4.04. The molecule has 0 aliphatic heterocycles. The lowest BCUT2D eigenvalue weighted by atomic mass is 10.1. The minimum atomic E-state index is -0.110. The number of aryl methyl sites for hydroxylation is 1. The molecule has 0 spiro atoms. The molecule has 0 bridgehead atoms. The maximum absolute atomic E-state index is 12.4. The van der Waals surface area contributed by atoms with Crippen LogP contribution >= 0.6 is 0 Å².